The highest BCUT2D eigenvalue weighted by atomic mass is 16.5. The second-order valence-electron chi connectivity index (χ2n) is 7.94. The molecule has 0 bridgehead atoms. The molecule has 2 aromatic rings. The van der Waals surface area contributed by atoms with Gasteiger partial charge < -0.3 is 24.6 Å². The number of nitrogens with one attached hydrogen (secondary N) is 1. The number of carbonyl (C=O) groups is 1. The molecule has 0 unspecified atom stereocenters. The van der Waals surface area contributed by atoms with Crippen molar-refractivity contribution >= 4 is 17.3 Å². The highest BCUT2D eigenvalue weighted by Gasteiger charge is 2.19. The van der Waals surface area contributed by atoms with Crippen LogP contribution in [0.3, 0.4) is 0 Å². The lowest BCUT2D eigenvalue weighted by molar-refractivity contribution is 0.0939. The van der Waals surface area contributed by atoms with Crippen LogP contribution in [-0.2, 0) is 9.47 Å². The maximum absolute atomic E-state index is 13.0. The molecule has 0 aliphatic carbocycles. The van der Waals surface area contributed by atoms with Crippen LogP contribution in [0.2, 0.25) is 0 Å². The van der Waals surface area contributed by atoms with Crippen molar-refractivity contribution < 1.29 is 14.3 Å². The first kappa shape index (κ1) is 20.7. The molecule has 160 valence electrons. The van der Waals surface area contributed by atoms with Gasteiger partial charge in [-0.2, -0.15) is 0 Å². The fraction of sp³-hybridized carbons (Fsp3) is 0.458. The summed E-state index contributed by atoms with van der Waals surface area (Å²) in [4.78, 5) is 17.6. The third kappa shape index (κ3) is 4.60. The SMILES string of the molecule is Cc1c(C(=O)N[C@H](C)c2ccc(N3CCOCC3)cc2)cccc1N1CCOCC1. The summed E-state index contributed by atoms with van der Waals surface area (Å²) >= 11 is 0. The summed E-state index contributed by atoms with van der Waals surface area (Å²) in [6.45, 7) is 10.6. The molecule has 4 rings (SSSR count). The van der Waals surface area contributed by atoms with Crippen LogP contribution < -0.4 is 15.1 Å². The number of hydrogen-bond donors (Lipinski definition) is 1. The van der Waals surface area contributed by atoms with E-state index in [9.17, 15) is 4.79 Å². The molecule has 1 N–H and O–H groups in total. The van der Waals surface area contributed by atoms with Gasteiger partial charge in [0.1, 0.15) is 0 Å². The predicted molar refractivity (Wildman–Crippen MR) is 120 cm³/mol. The van der Waals surface area contributed by atoms with Gasteiger partial charge in [0, 0.05) is 43.1 Å². The number of ether oxygens (including phenoxy) is 2. The van der Waals surface area contributed by atoms with Crippen LogP contribution >= 0.6 is 0 Å². The third-order valence-electron chi connectivity index (χ3n) is 6.02. The van der Waals surface area contributed by atoms with Gasteiger partial charge in [-0.3, -0.25) is 4.79 Å². The number of hydrogen-bond acceptors (Lipinski definition) is 5. The Morgan fingerprint density at radius 3 is 2.13 bits per heavy atom. The van der Waals surface area contributed by atoms with Gasteiger partial charge in [0.25, 0.3) is 5.91 Å². The zero-order chi connectivity index (χ0) is 20.9. The van der Waals surface area contributed by atoms with Gasteiger partial charge in [-0.25, -0.2) is 0 Å². The van der Waals surface area contributed by atoms with Gasteiger partial charge >= 0.3 is 0 Å². The molecule has 0 aromatic heterocycles. The molecule has 2 aliphatic rings. The minimum atomic E-state index is -0.0670. The smallest absolute Gasteiger partial charge is 0.252 e. The summed E-state index contributed by atoms with van der Waals surface area (Å²) in [5.41, 5.74) is 5.17. The van der Waals surface area contributed by atoms with E-state index < -0.39 is 0 Å². The molecular formula is C24H31N3O3. The minimum absolute atomic E-state index is 0.0348. The largest absolute Gasteiger partial charge is 0.378 e. The number of anilines is 2. The average Bonchev–Trinajstić information content (AvgIpc) is 2.80. The first-order valence-electron chi connectivity index (χ1n) is 10.8. The molecular weight excluding hydrogens is 378 g/mol. The maximum atomic E-state index is 13.0. The molecule has 1 amide bonds. The van der Waals surface area contributed by atoms with Crippen LogP contribution in [0.1, 0.15) is 34.5 Å². The maximum Gasteiger partial charge on any atom is 0.252 e. The number of morpholine rings is 2. The molecule has 6 heteroatoms. The van der Waals surface area contributed by atoms with Crippen LogP contribution in [0.15, 0.2) is 42.5 Å². The van der Waals surface area contributed by atoms with Gasteiger partial charge in [0.15, 0.2) is 0 Å². The molecule has 0 radical (unpaired) electrons. The quantitative estimate of drug-likeness (QED) is 0.822. The van der Waals surface area contributed by atoms with Crippen molar-refractivity contribution in [1.82, 2.24) is 5.32 Å². The second kappa shape index (κ2) is 9.49. The second-order valence-corrected chi connectivity index (χ2v) is 7.94. The Hall–Kier alpha value is -2.57. The van der Waals surface area contributed by atoms with Gasteiger partial charge in [-0.1, -0.05) is 18.2 Å². The Labute approximate surface area is 178 Å². The van der Waals surface area contributed by atoms with Gasteiger partial charge in [-0.05, 0) is 49.2 Å². The molecule has 0 spiro atoms. The van der Waals surface area contributed by atoms with Crippen molar-refractivity contribution in [3.05, 3.63) is 59.2 Å². The Bertz CT molecular complexity index is 856. The fourth-order valence-electron chi connectivity index (χ4n) is 4.17. The molecule has 6 nitrogen and oxygen atoms in total. The lowest BCUT2D eigenvalue weighted by Gasteiger charge is -2.30. The van der Waals surface area contributed by atoms with Crippen molar-refractivity contribution in [2.75, 3.05) is 62.4 Å². The Morgan fingerprint density at radius 1 is 0.900 bits per heavy atom. The Kier molecular flexibility index (Phi) is 6.55. The van der Waals surface area contributed by atoms with Crippen LogP contribution in [0.5, 0.6) is 0 Å². The zero-order valence-corrected chi connectivity index (χ0v) is 17.9. The fourth-order valence-corrected chi connectivity index (χ4v) is 4.17. The number of rotatable bonds is 5. The van der Waals surface area contributed by atoms with Crippen molar-refractivity contribution in [3.8, 4) is 0 Å². The van der Waals surface area contributed by atoms with Crippen LogP contribution in [0.4, 0.5) is 11.4 Å². The van der Waals surface area contributed by atoms with E-state index in [4.69, 9.17) is 9.47 Å². The summed E-state index contributed by atoms with van der Waals surface area (Å²) in [6, 6.07) is 14.4. The first-order valence-corrected chi connectivity index (χ1v) is 10.8. The molecule has 2 aromatic carbocycles. The molecule has 30 heavy (non-hydrogen) atoms. The minimum Gasteiger partial charge on any atom is -0.378 e. The summed E-state index contributed by atoms with van der Waals surface area (Å²) in [5, 5.41) is 3.17. The van der Waals surface area contributed by atoms with E-state index in [-0.39, 0.29) is 11.9 Å². The number of amides is 1. The topological polar surface area (TPSA) is 54.0 Å². The Balaban J connectivity index is 1.43. The molecule has 2 fully saturated rings. The lowest BCUT2D eigenvalue weighted by Crippen LogP contribution is -2.37. The van der Waals surface area contributed by atoms with E-state index in [0.717, 1.165) is 75.0 Å². The summed E-state index contributed by atoms with van der Waals surface area (Å²) in [5.74, 6) is -0.0348. The van der Waals surface area contributed by atoms with Crippen LogP contribution in [0.25, 0.3) is 0 Å². The van der Waals surface area contributed by atoms with E-state index in [2.05, 4.69) is 45.4 Å². The van der Waals surface area contributed by atoms with E-state index in [0.29, 0.717) is 0 Å². The normalized spacial score (nSPS) is 18.2. The van der Waals surface area contributed by atoms with Crippen molar-refractivity contribution in [2.24, 2.45) is 0 Å². The molecule has 2 aliphatic heterocycles. The van der Waals surface area contributed by atoms with Crippen LogP contribution in [-0.4, -0.2) is 58.5 Å². The first-order chi connectivity index (χ1) is 14.6. The number of nitrogens with zero attached hydrogens (tertiary/aromatic N) is 2. The predicted octanol–water partition coefficient (Wildman–Crippen LogP) is 3.16. The van der Waals surface area contributed by atoms with Gasteiger partial charge in [0.2, 0.25) is 0 Å². The number of carbonyl (C=O) groups excluding carboxylic acids is 1. The van der Waals surface area contributed by atoms with Crippen LogP contribution in [0, 0.1) is 6.92 Å². The standard InChI is InChI=1S/C24H31N3O3/c1-18-22(4-3-5-23(18)27-12-16-30-17-13-27)24(28)25-19(2)20-6-8-21(9-7-20)26-10-14-29-15-11-26/h3-9,19H,10-17H2,1-2H3,(H,25,28)/t19-/m1/s1. The molecule has 2 saturated heterocycles. The molecule has 0 saturated carbocycles. The Morgan fingerprint density at radius 2 is 1.50 bits per heavy atom. The van der Waals surface area contributed by atoms with Crippen molar-refractivity contribution in [2.45, 2.75) is 19.9 Å². The summed E-state index contributed by atoms with van der Waals surface area (Å²) in [7, 11) is 0. The molecule has 1 atom stereocenters. The highest BCUT2D eigenvalue weighted by molar-refractivity contribution is 5.97. The number of benzene rings is 2. The molecule has 2 heterocycles. The average molecular weight is 410 g/mol. The van der Waals surface area contributed by atoms with Crippen molar-refractivity contribution in [3.63, 3.8) is 0 Å². The summed E-state index contributed by atoms with van der Waals surface area (Å²) < 4.78 is 10.9. The van der Waals surface area contributed by atoms with E-state index in [1.54, 1.807) is 0 Å². The highest BCUT2D eigenvalue weighted by Crippen LogP contribution is 2.25. The van der Waals surface area contributed by atoms with E-state index in [1.165, 1.54) is 5.69 Å². The monoisotopic (exact) mass is 409 g/mol. The van der Waals surface area contributed by atoms with E-state index >= 15 is 0 Å². The van der Waals surface area contributed by atoms with E-state index in [1.807, 2.05) is 26.0 Å². The summed E-state index contributed by atoms with van der Waals surface area (Å²) in [6.07, 6.45) is 0. The lowest BCUT2D eigenvalue weighted by atomic mass is 10.0. The zero-order valence-electron chi connectivity index (χ0n) is 17.9. The van der Waals surface area contributed by atoms with Gasteiger partial charge in [0.05, 0.1) is 32.5 Å². The third-order valence-corrected chi connectivity index (χ3v) is 6.02. The van der Waals surface area contributed by atoms with Gasteiger partial charge in [-0.15, -0.1) is 0 Å². The van der Waals surface area contributed by atoms with Crippen molar-refractivity contribution in [1.29, 1.82) is 0 Å².